The molecule has 1 N–H and O–H groups in total. The van der Waals surface area contributed by atoms with Crippen molar-refractivity contribution < 1.29 is 14.3 Å². The molecule has 2 rings (SSSR count). The average molecular weight is 212 g/mol. The lowest BCUT2D eigenvalue weighted by molar-refractivity contribution is -0.154. The molecule has 2 saturated heterocycles. The average Bonchev–Trinajstić information content (AvgIpc) is 2.63. The minimum absolute atomic E-state index is 0.0156. The molecule has 2 aliphatic rings. The van der Waals surface area contributed by atoms with Gasteiger partial charge in [0.1, 0.15) is 6.04 Å². The first-order valence-electron chi connectivity index (χ1n) is 5.42. The zero-order valence-corrected chi connectivity index (χ0v) is 8.86. The smallest absolute Gasteiger partial charge is 0.328 e. The van der Waals surface area contributed by atoms with Crippen LogP contribution in [0.25, 0.3) is 0 Å². The fourth-order valence-corrected chi connectivity index (χ4v) is 2.37. The summed E-state index contributed by atoms with van der Waals surface area (Å²) in [5, 5.41) is 3.05. The molecule has 0 unspecified atom stereocenters. The summed E-state index contributed by atoms with van der Waals surface area (Å²) in [5.41, 5.74) is 0. The molecule has 2 aliphatic heterocycles. The van der Waals surface area contributed by atoms with Crippen LogP contribution < -0.4 is 5.32 Å². The van der Waals surface area contributed by atoms with Gasteiger partial charge in [-0.15, -0.1) is 0 Å². The molecule has 15 heavy (non-hydrogen) atoms. The van der Waals surface area contributed by atoms with E-state index < -0.39 is 0 Å². The molecule has 0 aromatic carbocycles. The van der Waals surface area contributed by atoms with E-state index in [1.165, 1.54) is 0 Å². The van der Waals surface area contributed by atoms with Crippen LogP contribution in [-0.2, 0) is 14.3 Å². The lowest BCUT2D eigenvalue weighted by Crippen LogP contribution is -2.56. The maximum absolute atomic E-state index is 11.7. The van der Waals surface area contributed by atoms with E-state index in [1.807, 2.05) is 0 Å². The van der Waals surface area contributed by atoms with Crippen LogP contribution in [0.2, 0.25) is 0 Å². The first-order valence-corrected chi connectivity index (χ1v) is 5.42. The summed E-state index contributed by atoms with van der Waals surface area (Å²) in [5.74, 6) is -0.239. The third kappa shape index (κ3) is 1.84. The number of carbonyl (C=O) groups is 2. The minimum Gasteiger partial charge on any atom is -0.464 e. The third-order valence-electron chi connectivity index (χ3n) is 3.01. The predicted molar refractivity (Wildman–Crippen MR) is 53.2 cm³/mol. The standard InChI is InChI=1S/C10H16N2O3/c1-2-15-10(14)8-4-3-7-5-11-6-9(13)12(7)8/h7-8,11H,2-6H2,1H3/t7-,8-/m0/s1. The molecule has 0 aliphatic carbocycles. The Morgan fingerprint density at radius 2 is 2.40 bits per heavy atom. The van der Waals surface area contributed by atoms with Gasteiger partial charge >= 0.3 is 5.97 Å². The SMILES string of the molecule is CCOC(=O)[C@@H]1CC[C@H]2CNCC(=O)N21. The number of ether oxygens (including phenoxy) is 1. The molecule has 0 spiro atoms. The van der Waals surface area contributed by atoms with E-state index in [0.717, 1.165) is 19.4 Å². The number of fused-ring (bicyclic) bond motifs is 1. The van der Waals surface area contributed by atoms with Gasteiger partial charge in [0.15, 0.2) is 0 Å². The highest BCUT2D eigenvalue weighted by Crippen LogP contribution is 2.26. The van der Waals surface area contributed by atoms with Crippen molar-refractivity contribution in [3.05, 3.63) is 0 Å². The van der Waals surface area contributed by atoms with Crippen molar-refractivity contribution in [2.24, 2.45) is 0 Å². The molecule has 0 aromatic heterocycles. The van der Waals surface area contributed by atoms with Crippen molar-refractivity contribution in [2.45, 2.75) is 31.8 Å². The molecule has 0 saturated carbocycles. The molecule has 2 atom stereocenters. The van der Waals surface area contributed by atoms with Crippen molar-refractivity contribution in [3.8, 4) is 0 Å². The maximum atomic E-state index is 11.7. The van der Waals surface area contributed by atoms with Gasteiger partial charge < -0.3 is 15.0 Å². The minimum atomic E-state index is -0.343. The van der Waals surface area contributed by atoms with Crippen LogP contribution in [0.15, 0.2) is 0 Å². The highest BCUT2D eigenvalue weighted by molar-refractivity contribution is 5.87. The maximum Gasteiger partial charge on any atom is 0.328 e. The van der Waals surface area contributed by atoms with E-state index in [2.05, 4.69) is 5.32 Å². The number of hydrogen-bond acceptors (Lipinski definition) is 4. The highest BCUT2D eigenvalue weighted by Gasteiger charge is 2.43. The van der Waals surface area contributed by atoms with Gasteiger partial charge in [0, 0.05) is 12.6 Å². The van der Waals surface area contributed by atoms with Crippen LogP contribution in [0.1, 0.15) is 19.8 Å². The Kier molecular flexibility index (Phi) is 2.90. The van der Waals surface area contributed by atoms with Crippen LogP contribution in [-0.4, -0.2) is 48.6 Å². The Balaban J connectivity index is 2.07. The first-order chi connectivity index (χ1) is 7.24. The van der Waals surface area contributed by atoms with Crippen LogP contribution in [0.4, 0.5) is 0 Å². The lowest BCUT2D eigenvalue weighted by atomic mass is 10.2. The number of hydrogen-bond donors (Lipinski definition) is 1. The van der Waals surface area contributed by atoms with Gasteiger partial charge in [-0.25, -0.2) is 4.79 Å². The van der Waals surface area contributed by atoms with E-state index in [9.17, 15) is 9.59 Å². The van der Waals surface area contributed by atoms with E-state index >= 15 is 0 Å². The van der Waals surface area contributed by atoms with Crippen LogP contribution in [0.3, 0.4) is 0 Å². The van der Waals surface area contributed by atoms with Gasteiger partial charge in [-0.1, -0.05) is 0 Å². The van der Waals surface area contributed by atoms with Crippen molar-refractivity contribution in [3.63, 3.8) is 0 Å². The van der Waals surface area contributed by atoms with Crippen molar-refractivity contribution in [2.75, 3.05) is 19.7 Å². The van der Waals surface area contributed by atoms with Crippen LogP contribution in [0.5, 0.6) is 0 Å². The molecule has 2 fully saturated rings. The molecular weight excluding hydrogens is 196 g/mol. The van der Waals surface area contributed by atoms with Crippen LogP contribution in [0, 0.1) is 0 Å². The first kappa shape index (κ1) is 10.4. The number of carbonyl (C=O) groups excluding carboxylic acids is 2. The number of piperazine rings is 1. The zero-order valence-electron chi connectivity index (χ0n) is 8.86. The molecule has 84 valence electrons. The summed E-state index contributed by atoms with van der Waals surface area (Å²) in [7, 11) is 0. The molecular formula is C10H16N2O3. The molecule has 5 nitrogen and oxygen atoms in total. The lowest BCUT2D eigenvalue weighted by Gasteiger charge is -2.33. The quantitative estimate of drug-likeness (QED) is 0.628. The van der Waals surface area contributed by atoms with E-state index in [4.69, 9.17) is 4.74 Å². The third-order valence-corrected chi connectivity index (χ3v) is 3.01. The molecule has 2 heterocycles. The number of rotatable bonds is 2. The Labute approximate surface area is 88.8 Å². The topological polar surface area (TPSA) is 58.6 Å². The normalized spacial score (nSPS) is 30.2. The fraction of sp³-hybridized carbons (Fsp3) is 0.800. The summed E-state index contributed by atoms with van der Waals surface area (Å²) >= 11 is 0. The van der Waals surface area contributed by atoms with Gasteiger partial charge in [-0.3, -0.25) is 4.79 Å². The fourth-order valence-electron chi connectivity index (χ4n) is 2.37. The Morgan fingerprint density at radius 3 is 3.13 bits per heavy atom. The van der Waals surface area contributed by atoms with Crippen molar-refractivity contribution in [1.82, 2.24) is 10.2 Å². The number of amides is 1. The zero-order chi connectivity index (χ0) is 10.8. The highest BCUT2D eigenvalue weighted by atomic mass is 16.5. The van der Waals surface area contributed by atoms with Gasteiger partial charge in [-0.2, -0.15) is 0 Å². The van der Waals surface area contributed by atoms with E-state index in [0.29, 0.717) is 13.2 Å². The summed E-state index contributed by atoms with van der Waals surface area (Å²) in [6, 6.07) is -0.162. The monoisotopic (exact) mass is 212 g/mol. The summed E-state index contributed by atoms with van der Waals surface area (Å²) in [4.78, 5) is 25.0. The van der Waals surface area contributed by atoms with Gasteiger partial charge in [0.2, 0.25) is 5.91 Å². The van der Waals surface area contributed by atoms with Crippen molar-refractivity contribution in [1.29, 1.82) is 0 Å². The summed E-state index contributed by atoms with van der Waals surface area (Å²) in [6.45, 7) is 3.29. The molecule has 0 bridgehead atoms. The predicted octanol–water partition coefficient (Wildman–Crippen LogP) is -0.488. The Hall–Kier alpha value is -1.10. The summed E-state index contributed by atoms with van der Waals surface area (Å²) in [6.07, 6.45) is 1.62. The number of esters is 1. The van der Waals surface area contributed by atoms with E-state index in [1.54, 1.807) is 11.8 Å². The largest absolute Gasteiger partial charge is 0.464 e. The molecule has 0 radical (unpaired) electrons. The van der Waals surface area contributed by atoms with Crippen molar-refractivity contribution >= 4 is 11.9 Å². The van der Waals surface area contributed by atoms with Gasteiger partial charge in [0.05, 0.1) is 13.2 Å². The van der Waals surface area contributed by atoms with Crippen LogP contribution >= 0.6 is 0 Å². The molecule has 1 amide bonds. The Bertz CT molecular complexity index is 280. The second-order valence-electron chi connectivity index (χ2n) is 3.93. The summed E-state index contributed by atoms with van der Waals surface area (Å²) < 4.78 is 4.97. The molecule has 5 heteroatoms. The molecule has 0 aromatic rings. The number of nitrogens with one attached hydrogen (secondary N) is 1. The van der Waals surface area contributed by atoms with Gasteiger partial charge in [0.25, 0.3) is 0 Å². The number of nitrogens with zero attached hydrogens (tertiary/aromatic N) is 1. The second kappa shape index (κ2) is 4.18. The Morgan fingerprint density at radius 1 is 1.60 bits per heavy atom. The van der Waals surface area contributed by atoms with E-state index in [-0.39, 0.29) is 24.0 Å². The second-order valence-corrected chi connectivity index (χ2v) is 3.93. The van der Waals surface area contributed by atoms with Gasteiger partial charge in [-0.05, 0) is 19.8 Å².